The molecular formula is C13H14N2O3. The molecule has 1 aliphatic heterocycles. The second-order valence-electron chi connectivity index (χ2n) is 4.26. The number of aromatic nitrogens is 2. The summed E-state index contributed by atoms with van der Waals surface area (Å²) in [4.78, 5) is 4.13. The number of aliphatic hydroxyl groups excluding tert-OH is 1. The van der Waals surface area contributed by atoms with Gasteiger partial charge >= 0.3 is 0 Å². The van der Waals surface area contributed by atoms with E-state index in [2.05, 4.69) is 4.98 Å². The monoisotopic (exact) mass is 246 g/mol. The molecule has 1 unspecified atom stereocenters. The molecule has 0 saturated carbocycles. The predicted molar refractivity (Wildman–Crippen MR) is 64.5 cm³/mol. The molecule has 0 amide bonds. The largest absolute Gasteiger partial charge is 0.454 e. The van der Waals surface area contributed by atoms with Crippen LogP contribution in [0.1, 0.15) is 17.5 Å². The SMILES string of the molecule is Cc1nccn1CC(O)c1ccc2c(c1)OCO2. The predicted octanol–water partition coefficient (Wildman–Crippen LogP) is 1.65. The van der Waals surface area contributed by atoms with Crippen LogP contribution in [0.3, 0.4) is 0 Å². The first-order valence-corrected chi connectivity index (χ1v) is 5.79. The van der Waals surface area contributed by atoms with E-state index in [1.165, 1.54) is 0 Å². The van der Waals surface area contributed by atoms with E-state index in [0.29, 0.717) is 12.3 Å². The first-order chi connectivity index (χ1) is 8.74. The van der Waals surface area contributed by atoms with Gasteiger partial charge in [0.2, 0.25) is 6.79 Å². The summed E-state index contributed by atoms with van der Waals surface area (Å²) in [6, 6.07) is 5.49. The van der Waals surface area contributed by atoms with Gasteiger partial charge in [0.1, 0.15) is 5.82 Å². The van der Waals surface area contributed by atoms with Crippen molar-refractivity contribution in [3.05, 3.63) is 42.0 Å². The van der Waals surface area contributed by atoms with E-state index >= 15 is 0 Å². The Morgan fingerprint density at radius 3 is 3.00 bits per heavy atom. The number of benzene rings is 1. The first kappa shape index (κ1) is 11.1. The molecule has 94 valence electrons. The molecular weight excluding hydrogens is 232 g/mol. The van der Waals surface area contributed by atoms with Crippen molar-refractivity contribution in [2.24, 2.45) is 0 Å². The van der Waals surface area contributed by atoms with E-state index in [0.717, 1.165) is 17.1 Å². The highest BCUT2D eigenvalue weighted by molar-refractivity contribution is 5.45. The Morgan fingerprint density at radius 1 is 1.39 bits per heavy atom. The summed E-state index contributed by atoms with van der Waals surface area (Å²) in [6.07, 6.45) is 2.99. The number of fused-ring (bicyclic) bond motifs is 1. The van der Waals surface area contributed by atoms with Gasteiger partial charge in [-0.15, -0.1) is 0 Å². The van der Waals surface area contributed by atoms with Crippen LogP contribution < -0.4 is 9.47 Å². The Balaban J connectivity index is 1.80. The summed E-state index contributed by atoms with van der Waals surface area (Å²) >= 11 is 0. The standard InChI is InChI=1S/C13H14N2O3/c1-9-14-4-5-15(9)7-11(16)10-2-3-12-13(6-10)18-8-17-12/h2-6,11,16H,7-8H2,1H3. The number of aryl methyl sites for hydroxylation is 1. The summed E-state index contributed by atoms with van der Waals surface area (Å²) in [6.45, 7) is 2.63. The molecule has 0 aliphatic carbocycles. The van der Waals surface area contributed by atoms with Gasteiger partial charge in [-0.25, -0.2) is 4.98 Å². The second-order valence-corrected chi connectivity index (χ2v) is 4.26. The summed E-state index contributed by atoms with van der Waals surface area (Å²) in [5.41, 5.74) is 0.812. The molecule has 1 aliphatic rings. The number of rotatable bonds is 3. The average molecular weight is 246 g/mol. The fourth-order valence-corrected chi connectivity index (χ4v) is 2.01. The number of imidazole rings is 1. The second kappa shape index (κ2) is 4.34. The first-order valence-electron chi connectivity index (χ1n) is 5.79. The molecule has 1 aromatic heterocycles. The molecule has 3 rings (SSSR count). The van der Waals surface area contributed by atoms with E-state index in [9.17, 15) is 5.11 Å². The third-order valence-corrected chi connectivity index (χ3v) is 3.07. The van der Waals surface area contributed by atoms with E-state index in [1.54, 1.807) is 6.20 Å². The Morgan fingerprint density at radius 2 is 2.22 bits per heavy atom. The molecule has 5 nitrogen and oxygen atoms in total. The molecule has 2 aromatic rings. The molecule has 5 heteroatoms. The number of aliphatic hydroxyl groups is 1. The molecule has 2 heterocycles. The van der Waals surface area contributed by atoms with E-state index in [4.69, 9.17) is 9.47 Å². The van der Waals surface area contributed by atoms with E-state index in [1.807, 2.05) is 35.9 Å². The molecule has 1 atom stereocenters. The fourth-order valence-electron chi connectivity index (χ4n) is 2.01. The highest BCUT2D eigenvalue weighted by Gasteiger charge is 2.17. The minimum Gasteiger partial charge on any atom is -0.454 e. The van der Waals surface area contributed by atoms with Gasteiger partial charge in [-0.1, -0.05) is 6.07 Å². The Hall–Kier alpha value is -2.01. The molecule has 0 bridgehead atoms. The van der Waals surface area contributed by atoms with Crippen LogP contribution in [0.25, 0.3) is 0 Å². The van der Waals surface area contributed by atoms with Gasteiger partial charge in [0.15, 0.2) is 11.5 Å². The van der Waals surface area contributed by atoms with Crippen molar-refractivity contribution in [3.63, 3.8) is 0 Å². The maximum absolute atomic E-state index is 10.2. The van der Waals surface area contributed by atoms with Crippen LogP contribution in [-0.4, -0.2) is 21.5 Å². The minimum absolute atomic E-state index is 0.246. The third kappa shape index (κ3) is 1.93. The topological polar surface area (TPSA) is 56.5 Å². The maximum Gasteiger partial charge on any atom is 0.231 e. The van der Waals surface area contributed by atoms with Crippen molar-refractivity contribution in [2.75, 3.05) is 6.79 Å². The number of hydrogen-bond acceptors (Lipinski definition) is 4. The smallest absolute Gasteiger partial charge is 0.231 e. The van der Waals surface area contributed by atoms with Crippen LogP contribution >= 0.6 is 0 Å². The minimum atomic E-state index is -0.590. The Kier molecular flexibility index (Phi) is 2.68. The summed E-state index contributed by atoms with van der Waals surface area (Å²) < 4.78 is 12.4. The van der Waals surface area contributed by atoms with Gasteiger partial charge in [0.05, 0.1) is 12.6 Å². The van der Waals surface area contributed by atoms with Crippen LogP contribution in [0.5, 0.6) is 11.5 Å². The normalized spacial score (nSPS) is 14.8. The lowest BCUT2D eigenvalue weighted by Gasteiger charge is -2.13. The van der Waals surface area contributed by atoms with Crippen molar-refractivity contribution >= 4 is 0 Å². The molecule has 1 N–H and O–H groups in total. The van der Waals surface area contributed by atoms with Crippen molar-refractivity contribution < 1.29 is 14.6 Å². The molecule has 0 saturated heterocycles. The Labute approximate surface area is 105 Å². The zero-order valence-corrected chi connectivity index (χ0v) is 10.0. The summed E-state index contributed by atoms with van der Waals surface area (Å²) in [5, 5.41) is 10.2. The van der Waals surface area contributed by atoms with Crippen LogP contribution in [0, 0.1) is 6.92 Å². The number of ether oxygens (including phenoxy) is 2. The number of hydrogen-bond donors (Lipinski definition) is 1. The van der Waals surface area contributed by atoms with Crippen LogP contribution in [0.2, 0.25) is 0 Å². The molecule has 0 spiro atoms. The molecule has 1 aromatic carbocycles. The zero-order valence-electron chi connectivity index (χ0n) is 10.0. The summed E-state index contributed by atoms with van der Waals surface area (Å²) in [7, 11) is 0. The van der Waals surface area contributed by atoms with Crippen LogP contribution in [0.15, 0.2) is 30.6 Å². The van der Waals surface area contributed by atoms with Gasteiger partial charge in [0.25, 0.3) is 0 Å². The highest BCUT2D eigenvalue weighted by Crippen LogP contribution is 2.34. The highest BCUT2D eigenvalue weighted by atomic mass is 16.7. The van der Waals surface area contributed by atoms with Crippen molar-refractivity contribution in [3.8, 4) is 11.5 Å². The quantitative estimate of drug-likeness (QED) is 0.894. The van der Waals surface area contributed by atoms with Gasteiger partial charge in [0, 0.05) is 12.4 Å². The van der Waals surface area contributed by atoms with Gasteiger partial charge in [-0.2, -0.15) is 0 Å². The van der Waals surface area contributed by atoms with Crippen molar-refractivity contribution in [1.82, 2.24) is 9.55 Å². The fraction of sp³-hybridized carbons (Fsp3) is 0.308. The summed E-state index contributed by atoms with van der Waals surface area (Å²) in [5.74, 6) is 2.30. The lowest BCUT2D eigenvalue weighted by atomic mass is 10.1. The van der Waals surface area contributed by atoms with Gasteiger partial charge < -0.3 is 19.1 Å². The average Bonchev–Trinajstić information content (AvgIpc) is 2.98. The molecule has 18 heavy (non-hydrogen) atoms. The third-order valence-electron chi connectivity index (χ3n) is 3.07. The van der Waals surface area contributed by atoms with Gasteiger partial charge in [-0.05, 0) is 24.6 Å². The molecule has 0 fully saturated rings. The lowest BCUT2D eigenvalue weighted by Crippen LogP contribution is -2.09. The number of nitrogens with zero attached hydrogens (tertiary/aromatic N) is 2. The van der Waals surface area contributed by atoms with Crippen molar-refractivity contribution in [2.45, 2.75) is 19.6 Å². The Bertz CT molecular complexity index is 565. The maximum atomic E-state index is 10.2. The zero-order chi connectivity index (χ0) is 12.5. The van der Waals surface area contributed by atoms with Crippen molar-refractivity contribution in [1.29, 1.82) is 0 Å². The van der Waals surface area contributed by atoms with E-state index < -0.39 is 6.10 Å². The lowest BCUT2D eigenvalue weighted by molar-refractivity contribution is 0.154. The van der Waals surface area contributed by atoms with E-state index in [-0.39, 0.29) is 6.79 Å². The molecule has 0 radical (unpaired) electrons. The van der Waals surface area contributed by atoms with Crippen LogP contribution in [-0.2, 0) is 6.54 Å². The van der Waals surface area contributed by atoms with Gasteiger partial charge in [-0.3, -0.25) is 0 Å². The van der Waals surface area contributed by atoms with Crippen LogP contribution in [0.4, 0.5) is 0 Å².